The second-order valence-electron chi connectivity index (χ2n) is 7.39. The molecule has 9 heteroatoms. The maximum atomic E-state index is 5.64. The molecule has 1 saturated heterocycles. The van der Waals surface area contributed by atoms with E-state index in [0.29, 0.717) is 29.7 Å². The van der Waals surface area contributed by atoms with Gasteiger partial charge in [0.05, 0.1) is 32.9 Å². The van der Waals surface area contributed by atoms with Gasteiger partial charge in [0.15, 0.2) is 23.1 Å². The van der Waals surface area contributed by atoms with Gasteiger partial charge in [-0.3, -0.25) is 0 Å². The van der Waals surface area contributed by atoms with Crippen molar-refractivity contribution in [2.75, 3.05) is 46.4 Å². The smallest absolute Gasteiger partial charge is 0.204 e. The monoisotopic (exact) mass is 425 g/mol. The van der Waals surface area contributed by atoms with Gasteiger partial charge in [0.1, 0.15) is 6.61 Å². The summed E-state index contributed by atoms with van der Waals surface area (Å²) in [4.78, 5) is 11.2. The predicted octanol–water partition coefficient (Wildman–Crippen LogP) is 2.98. The fourth-order valence-corrected chi connectivity index (χ4v) is 4.17. The average Bonchev–Trinajstić information content (AvgIpc) is 2.82. The second-order valence-corrected chi connectivity index (χ2v) is 7.39. The Labute approximate surface area is 181 Å². The number of anilines is 1. The van der Waals surface area contributed by atoms with E-state index in [2.05, 4.69) is 20.1 Å². The summed E-state index contributed by atoms with van der Waals surface area (Å²) in [6.07, 6.45) is 5.58. The Morgan fingerprint density at radius 1 is 1.06 bits per heavy atom. The third-order valence-electron chi connectivity index (χ3n) is 5.59. The molecule has 2 aromatic heterocycles. The summed E-state index contributed by atoms with van der Waals surface area (Å²) < 4.78 is 21.9. The van der Waals surface area contributed by atoms with E-state index in [0.717, 1.165) is 48.2 Å². The van der Waals surface area contributed by atoms with Crippen LogP contribution in [0.25, 0.3) is 10.8 Å². The van der Waals surface area contributed by atoms with Gasteiger partial charge in [-0.2, -0.15) is 5.10 Å². The molecule has 1 atom stereocenters. The lowest BCUT2D eigenvalue weighted by molar-refractivity contribution is 0.177. The van der Waals surface area contributed by atoms with E-state index in [4.69, 9.17) is 23.9 Å². The number of piperidine rings is 1. The first kappa shape index (κ1) is 21.0. The van der Waals surface area contributed by atoms with Crippen molar-refractivity contribution in [3.05, 3.63) is 36.0 Å². The minimum Gasteiger partial charge on any atom is -0.493 e. The Morgan fingerprint density at radius 2 is 1.90 bits per heavy atom. The van der Waals surface area contributed by atoms with Crippen molar-refractivity contribution in [1.82, 2.24) is 20.2 Å². The number of rotatable bonds is 7. The molecule has 0 amide bonds. The molecule has 1 fully saturated rings. The van der Waals surface area contributed by atoms with Crippen LogP contribution < -0.4 is 19.1 Å². The lowest BCUT2D eigenvalue weighted by Gasteiger charge is -2.33. The Hall–Kier alpha value is -3.20. The molecule has 1 aromatic carbocycles. The van der Waals surface area contributed by atoms with E-state index >= 15 is 0 Å². The molecule has 0 spiro atoms. The van der Waals surface area contributed by atoms with Crippen molar-refractivity contribution in [1.29, 1.82) is 0 Å². The van der Waals surface area contributed by atoms with Crippen molar-refractivity contribution in [2.24, 2.45) is 0 Å². The fraction of sp³-hybridized carbons (Fsp3) is 0.455. The van der Waals surface area contributed by atoms with Crippen LogP contribution >= 0.6 is 0 Å². The number of fused-ring (bicyclic) bond motifs is 1. The van der Waals surface area contributed by atoms with Gasteiger partial charge in [-0.1, -0.05) is 0 Å². The molecule has 0 saturated carbocycles. The van der Waals surface area contributed by atoms with Gasteiger partial charge < -0.3 is 23.8 Å². The summed E-state index contributed by atoms with van der Waals surface area (Å²) in [5.74, 6) is 3.48. The summed E-state index contributed by atoms with van der Waals surface area (Å²) in [6, 6.07) is 3.92. The molecule has 0 bridgehead atoms. The van der Waals surface area contributed by atoms with Gasteiger partial charge in [-0.05, 0) is 25.0 Å². The van der Waals surface area contributed by atoms with Gasteiger partial charge in [0.2, 0.25) is 5.75 Å². The van der Waals surface area contributed by atoms with E-state index in [1.165, 1.54) is 0 Å². The molecule has 3 aromatic rings. The zero-order chi connectivity index (χ0) is 21.8. The summed E-state index contributed by atoms with van der Waals surface area (Å²) in [7, 11) is 6.47. The molecule has 0 radical (unpaired) electrons. The van der Waals surface area contributed by atoms with Gasteiger partial charge >= 0.3 is 0 Å². The Bertz CT molecular complexity index is 1060. The molecular formula is C22H27N5O4. The average molecular weight is 425 g/mol. The maximum absolute atomic E-state index is 5.64. The molecule has 3 heterocycles. The second kappa shape index (κ2) is 9.30. The summed E-state index contributed by atoms with van der Waals surface area (Å²) in [6.45, 7) is 2.07. The van der Waals surface area contributed by atoms with Crippen LogP contribution in [0.2, 0.25) is 0 Å². The van der Waals surface area contributed by atoms with E-state index in [1.54, 1.807) is 40.8 Å². The molecule has 1 aliphatic rings. The molecule has 9 nitrogen and oxygen atoms in total. The van der Waals surface area contributed by atoms with Crippen LogP contribution in [0, 0.1) is 0 Å². The Balaban J connectivity index is 1.72. The molecular weight excluding hydrogens is 398 g/mol. The van der Waals surface area contributed by atoms with Crippen molar-refractivity contribution in [3.63, 3.8) is 0 Å². The van der Waals surface area contributed by atoms with E-state index in [9.17, 15) is 0 Å². The first-order valence-corrected chi connectivity index (χ1v) is 10.2. The van der Waals surface area contributed by atoms with E-state index < -0.39 is 0 Å². The molecule has 1 unspecified atom stereocenters. The molecule has 31 heavy (non-hydrogen) atoms. The van der Waals surface area contributed by atoms with E-state index in [1.807, 2.05) is 12.1 Å². The maximum Gasteiger partial charge on any atom is 0.204 e. The van der Waals surface area contributed by atoms with Gasteiger partial charge in [0.25, 0.3) is 0 Å². The Morgan fingerprint density at radius 3 is 2.65 bits per heavy atom. The van der Waals surface area contributed by atoms with Crippen LogP contribution in [0.3, 0.4) is 0 Å². The molecule has 4 rings (SSSR count). The molecule has 1 aliphatic heterocycles. The van der Waals surface area contributed by atoms with Gasteiger partial charge in [0, 0.05) is 43.4 Å². The number of ether oxygens (including phenoxy) is 4. The van der Waals surface area contributed by atoms with Crippen LogP contribution in [0.4, 0.5) is 5.82 Å². The molecule has 164 valence electrons. The van der Waals surface area contributed by atoms with Crippen LogP contribution in [0.5, 0.6) is 17.2 Å². The van der Waals surface area contributed by atoms with Crippen molar-refractivity contribution in [3.8, 4) is 17.2 Å². The zero-order valence-corrected chi connectivity index (χ0v) is 18.3. The first-order chi connectivity index (χ1) is 15.2. The van der Waals surface area contributed by atoms with Crippen LogP contribution in [0.15, 0.2) is 24.5 Å². The highest BCUT2D eigenvalue weighted by Gasteiger charge is 2.27. The lowest BCUT2D eigenvalue weighted by Crippen LogP contribution is -2.35. The number of methoxy groups -OCH3 is 4. The highest BCUT2D eigenvalue weighted by atomic mass is 16.5. The third-order valence-corrected chi connectivity index (χ3v) is 5.59. The Kier molecular flexibility index (Phi) is 6.31. The van der Waals surface area contributed by atoms with Crippen LogP contribution in [-0.4, -0.2) is 61.7 Å². The first-order valence-electron chi connectivity index (χ1n) is 10.2. The summed E-state index contributed by atoms with van der Waals surface area (Å²) >= 11 is 0. The van der Waals surface area contributed by atoms with Crippen LogP contribution in [-0.2, 0) is 11.3 Å². The summed E-state index contributed by atoms with van der Waals surface area (Å²) in [5.41, 5.74) is 1.02. The lowest BCUT2D eigenvalue weighted by atomic mass is 9.94. The minimum absolute atomic E-state index is 0.270. The SMILES string of the molecule is COCc1nccc(C2CCCN(c3nncc4c(OC)c(OC)c(OC)cc34)C2)n1. The number of hydrogen-bond donors (Lipinski definition) is 0. The summed E-state index contributed by atoms with van der Waals surface area (Å²) in [5, 5.41) is 10.5. The normalized spacial score (nSPS) is 16.4. The minimum atomic E-state index is 0.270. The predicted molar refractivity (Wildman–Crippen MR) is 116 cm³/mol. The number of nitrogens with zero attached hydrogens (tertiary/aromatic N) is 5. The molecule has 0 N–H and O–H groups in total. The number of aromatic nitrogens is 4. The van der Waals surface area contributed by atoms with Gasteiger partial charge in [-0.25, -0.2) is 9.97 Å². The molecule has 0 aliphatic carbocycles. The standard InChI is InChI=1S/C22H27N5O4/c1-28-13-19-23-8-7-17(25-19)14-6-5-9-27(12-14)22-15-10-18(29-2)21(31-4)20(30-3)16(15)11-24-26-22/h7-8,10-11,14H,5-6,9,12-13H2,1-4H3. The zero-order valence-electron chi connectivity index (χ0n) is 18.3. The van der Waals surface area contributed by atoms with Crippen molar-refractivity contribution in [2.45, 2.75) is 25.4 Å². The fourth-order valence-electron chi connectivity index (χ4n) is 4.17. The largest absolute Gasteiger partial charge is 0.493 e. The highest BCUT2D eigenvalue weighted by molar-refractivity contribution is 5.99. The van der Waals surface area contributed by atoms with Crippen LogP contribution in [0.1, 0.15) is 30.3 Å². The topological polar surface area (TPSA) is 91.7 Å². The van der Waals surface area contributed by atoms with E-state index in [-0.39, 0.29) is 5.92 Å². The third kappa shape index (κ3) is 4.05. The van der Waals surface area contributed by atoms with Crippen molar-refractivity contribution >= 4 is 16.6 Å². The number of benzene rings is 1. The highest BCUT2D eigenvalue weighted by Crippen LogP contribution is 2.45. The van der Waals surface area contributed by atoms with Gasteiger partial charge in [-0.15, -0.1) is 5.10 Å². The van der Waals surface area contributed by atoms with Crippen molar-refractivity contribution < 1.29 is 18.9 Å². The number of hydrogen-bond acceptors (Lipinski definition) is 9. The quantitative estimate of drug-likeness (QED) is 0.566.